The fourth-order valence-electron chi connectivity index (χ4n) is 5.61. The van der Waals surface area contributed by atoms with Crippen molar-refractivity contribution in [3.63, 3.8) is 0 Å². The minimum absolute atomic E-state index is 0.0509. The van der Waals surface area contributed by atoms with Crippen LogP contribution in [0, 0.1) is 0 Å². The first-order valence-electron chi connectivity index (χ1n) is 13.6. The van der Waals surface area contributed by atoms with E-state index in [4.69, 9.17) is 0 Å². The highest BCUT2D eigenvalue weighted by Gasteiger charge is 2.24. The van der Waals surface area contributed by atoms with Crippen LogP contribution in [0.5, 0.6) is 0 Å². The van der Waals surface area contributed by atoms with Crippen LogP contribution in [0.2, 0.25) is 0 Å². The molecule has 2 aromatic heterocycles. The smallest absolute Gasteiger partial charge is 0.317 e. The first-order valence-corrected chi connectivity index (χ1v) is 13.6. The van der Waals surface area contributed by atoms with Crippen LogP contribution in [0.3, 0.4) is 0 Å². The van der Waals surface area contributed by atoms with Gasteiger partial charge in [-0.15, -0.1) is 0 Å². The van der Waals surface area contributed by atoms with E-state index in [1.54, 1.807) is 0 Å². The second kappa shape index (κ2) is 10.9. The van der Waals surface area contributed by atoms with Gasteiger partial charge in [0, 0.05) is 63.3 Å². The predicted molar refractivity (Wildman–Crippen MR) is 147 cm³/mol. The van der Waals surface area contributed by atoms with Gasteiger partial charge >= 0.3 is 6.03 Å². The Morgan fingerprint density at radius 2 is 1.83 bits per heavy atom. The van der Waals surface area contributed by atoms with Crippen LogP contribution < -0.4 is 10.2 Å². The molecular formula is C29H40N6O. The van der Waals surface area contributed by atoms with E-state index in [1.165, 1.54) is 41.8 Å². The van der Waals surface area contributed by atoms with Crippen LogP contribution in [0.1, 0.15) is 51.5 Å². The van der Waals surface area contributed by atoms with Crippen molar-refractivity contribution in [1.29, 1.82) is 0 Å². The molecule has 3 aromatic rings. The largest absolute Gasteiger partial charge is 0.366 e. The van der Waals surface area contributed by atoms with Crippen LogP contribution >= 0.6 is 0 Å². The van der Waals surface area contributed by atoms with E-state index in [9.17, 15) is 4.79 Å². The molecule has 2 saturated heterocycles. The summed E-state index contributed by atoms with van der Waals surface area (Å²) in [7, 11) is 0. The number of rotatable bonds is 6. The number of carbonyl (C=O) groups excluding carboxylic acids is 1. The standard InChI is InChI=1S/C29H40N6O/c1-4-12-30-29(36)33-17-15-32(16-18-33)27-11-13-31-35-21-26(19-28(27)35)24-9-7-23(8-10-24)25-6-5-14-34(20-25)22(2)3/h7-11,13,19,21-22,25H,4-6,12,14-18,20H2,1-3H3,(H,30,36)/t25-/m1/s1. The zero-order valence-electron chi connectivity index (χ0n) is 22.0. The first-order chi connectivity index (χ1) is 17.5. The summed E-state index contributed by atoms with van der Waals surface area (Å²) in [5, 5.41) is 7.58. The lowest BCUT2D eigenvalue weighted by Gasteiger charge is -2.36. The Hall–Kier alpha value is -3.06. The molecule has 36 heavy (non-hydrogen) atoms. The highest BCUT2D eigenvalue weighted by atomic mass is 16.2. The van der Waals surface area contributed by atoms with E-state index in [-0.39, 0.29) is 6.03 Å². The summed E-state index contributed by atoms with van der Waals surface area (Å²) >= 11 is 0. The summed E-state index contributed by atoms with van der Waals surface area (Å²) in [5.74, 6) is 0.624. The van der Waals surface area contributed by atoms with Crippen molar-refractivity contribution in [2.45, 2.75) is 52.0 Å². The maximum absolute atomic E-state index is 12.3. The monoisotopic (exact) mass is 488 g/mol. The molecule has 2 fully saturated rings. The Morgan fingerprint density at radius 1 is 1.06 bits per heavy atom. The number of hydrogen-bond donors (Lipinski definition) is 1. The van der Waals surface area contributed by atoms with Crippen LogP contribution in [-0.2, 0) is 0 Å². The Balaban J connectivity index is 1.29. The van der Waals surface area contributed by atoms with Crippen molar-refractivity contribution in [2.75, 3.05) is 50.7 Å². The van der Waals surface area contributed by atoms with Gasteiger partial charge in [-0.2, -0.15) is 5.10 Å². The summed E-state index contributed by atoms with van der Waals surface area (Å²) in [6.45, 7) is 12.9. The summed E-state index contributed by atoms with van der Waals surface area (Å²) < 4.78 is 1.99. The van der Waals surface area contributed by atoms with Crippen LogP contribution in [0.25, 0.3) is 16.6 Å². The quantitative estimate of drug-likeness (QED) is 0.540. The molecule has 1 aromatic carbocycles. The molecule has 192 valence electrons. The molecule has 0 radical (unpaired) electrons. The number of aromatic nitrogens is 2. The average Bonchev–Trinajstić information content (AvgIpc) is 3.36. The lowest BCUT2D eigenvalue weighted by molar-refractivity contribution is 0.167. The lowest BCUT2D eigenvalue weighted by atomic mass is 9.89. The zero-order valence-corrected chi connectivity index (χ0v) is 22.0. The maximum atomic E-state index is 12.3. The van der Waals surface area contributed by atoms with E-state index in [2.05, 4.69) is 83.6 Å². The highest BCUT2D eigenvalue weighted by Crippen LogP contribution is 2.32. The van der Waals surface area contributed by atoms with Crippen molar-refractivity contribution >= 4 is 17.2 Å². The summed E-state index contributed by atoms with van der Waals surface area (Å²) in [6, 6.07) is 14.2. The Kier molecular flexibility index (Phi) is 7.46. The molecule has 2 aliphatic rings. The van der Waals surface area contributed by atoms with E-state index in [0.29, 0.717) is 12.0 Å². The van der Waals surface area contributed by atoms with Gasteiger partial charge in [-0.3, -0.25) is 0 Å². The van der Waals surface area contributed by atoms with Crippen LogP contribution in [0.15, 0.2) is 48.8 Å². The third kappa shape index (κ3) is 5.21. The molecule has 0 saturated carbocycles. The number of benzene rings is 1. The SMILES string of the molecule is CCCNC(=O)N1CCN(c2ccnn3cc(-c4ccc([C@@H]5CCCN(C(C)C)C5)cc4)cc23)CC1. The number of carbonyl (C=O) groups is 1. The number of hydrogen-bond acceptors (Lipinski definition) is 4. The van der Waals surface area contributed by atoms with Crippen molar-refractivity contribution in [3.8, 4) is 11.1 Å². The molecule has 0 unspecified atom stereocenters. The summed E-state index contributed by atoms with van der Waals surface area (Å²) in [5.41, 5.74) is 6.15. The van der Waals surface area contributed by atoms with Gasteiger partial charge < -0.3 is 20.0 Å². The Labute approximate surface area is 215 Å². The molecule has 2 aliphatic heterocycles. The van der Waals surface area contributed by atoms with Crippen molar-refractivity contribution in [3.05, 3.63) is 54.4 Å². The molecule has 0 bridgehead atoms. The first kappa shape index (κ1) is 24.6. The molecular weight excluding hydrogens is 448 g/mol. The lowest BCUT2D eigenvalue weighted by Crippen LogP contribution is -2.52. The maximum Gasteiger partial charge on any atom is 0.317 e. The molecule has 1 atom stereocenters. The predicted octanol–water partition coefficient (Wildman–Crippen LogP) is 4.83. The van der Waals surface area contributed by atoms with Gasteiger partial charge in [0.25, 0.3) is 0 Å². The molecule has 5 rings (SSSR count). The molecule has 4 heterocycles. The Morgan fingerprint density at radius 3 is 2.56 bits per heavy atom. The summed E-state index contributed by atoms with van der Waals surface area (Å²) in [6.07, 6.45) is 7.51. The van der Waals surface area contributed by atoms with Gasteiger partial charge in [0.2, 0.25) is 0 Å². The number of nitrogens with zero attached hydrogens (tertiary/aromatic N) is 5. The van der Waals surface area contributed by atoms with Crippen molar-refractivity contribution < 1.29 is 4.79 Å². The molecule has 2 amide bonds. The van der Waals surface area contributed by atoms with E-state index < -0.39 is 0 Å². The number of urea groups is 1. The third-order valence-corrected chi connectivity index (χ3v) is 7.82. The second-order valence-corrected chi connectivity index (χ2v) is 10.5. The van der Waals surface area contributed by atoms with Gasteiger partial charge in [-0.05, 0) is 68.8 Å². The van der Waals surface area contributed by atoms with Crippen LogP contribution in [-0.4, -0.2) is 77.3 Å². The van der Waals surface area contributed by atoms with Gasteiger partial charge in [-0.1, -0.05) is 31.2 Å². The van der Waals surface area contributed by atoms with Gasteiger partial charge in [0.15, 0.2) is 0 Å². The molecule has 7 nitrogen and oxygen atoms in total. The molecule has 7 heteroatoms. The third-order valence-electron chi connectivity index (χ3n) is 7.82. The number of amides is 2. The van der Waals surface area contributed by atoms with Gasteiger partial charge in [0.1, 0.15) is 0 Å². The number of anilines is 1. The number of likely N-dealkylation sites (tertiary alicyclic amines) is 1. The number of fused-ring (bicyclic) bond motifs is 1. The average molecular weight is 489 g/mol. The minimum Gasteiger partial charge on any atom is -0.366 e. The van der Waals surface area contributed by atoms with Crippen molar-refractivity contribution in [1.82, 2.24) is 24.7 Å². The molecule has 0 spiro atoms. The fraction of sp³-hybridized carbons (Fsp3) is 0.517. The molecule has 1 N–H and O–H groups in total. The topological polar surface area (TPSA) is 56.1 Å². The van der Waals surface area contributed by atoms with E-state index >= 15 is 0 Å². The van der Waals surface area contributed by atoms with Gasteiger partial charge in [0.05, 0.1) is 11.2 Å². The van der Waals surface area contributed by atoms with E-state index in [1.807, 2.05) is 15.6 Å². The highest BCUT2D eigenvalue weighted by molar-refractivity contribution is 5.80. The molecule has 0 aliphatic carbocycles. The normalized spacial score (nSPS) is 19.3. The van der Waals surface area contributed by atoms with Crippen LogP contribution in [0.4, 0.5) is 10.5 Å². The fourth-order valence-corrected chi connectivity index (χ4v) is 5.61. The Bertz CT molecular complexity index is 1160. The number of nitrogens with one attached hydrogen (secondary N) is 1. The van der Waals surface area contributed by atoms with E-state index in [0.717, 1.165) is 51.2 Å². The second-order valence-electron chi connectivity index (χ2n) is 10.5. The number of piperazine rings is 1. The van der Waals surface area contributed by atoms with Gasteiger partial charge in [-0.25, -0.2) is 9.31 Å². The zero-order chi connectivity index (χ0) is 25.1. The summed E-state index contributed by atoms with van der Waals surface area (Å²) in [4.78, 5) is 19.2. The minimum atomic E-state index is 0.0509. The number of piperidine rings is 1. The van der Waals surface area contributed by atoms with Crippen molar-refractivity contribution in [2.24, 2.45) is 0 Å².